The molecule has 8 nitrogen and oxygen atoms in total. The normalized spacial score (nSPS) is 10.8. The predicted molar refractivity (Wildman–Crippen MR) is 107 cm³/mol. The molecule has 0 atom stereocenters. The van der Waals surface area contributed by atoms with E-state index in [4.69, 9.17) is 9.52 Å². The van der Waals surface area contributed by atoms with E-state index >= 15 is 0 Å². The molecule has 0 saturated heterocycles. The maximum Gasteiger partial charge on any atom is 0.335 e. The number of nitro groups is 1. The molecule has 0 bridgehead atoms. The molecule has 0 aliphatic carbocycles. The van der Waals surface area contributed by atoms with Crippen molar-refractivity contribution in [2.24, 2.45) is 0 Å². The van der Waals surface area contributed by atoms with E-state index in [1.807, 2.05) is 0 Å². The van der Waals surface area contributed by atoms with Crippen molar-refractivity contribution in [1.29, 1.82) is 0 Å². The fourth-order valence-electron chi connectivity index (χ4n) is 2.70. The van der Waals surface area contributed by atoms with E-state index in [0.717, 1.165) is 0 Å². The molecule has 0 aliphatic heterocycles. The molecule has 3 aromatic rings. The van der Waals surface area contributed by atoms with Gasteiger partial charge >= 0.3 is 5.97 Å². The summed E-state index contributed by atoms with van der Waals surface area (Å²) in [4.78, 5) is 33.4. The molecular formula is C21H16N2O6. The summed E-state index contributed by atoms with van der Waals surface area (Å²) in [6.07, 6.45) is 2.74. The number of anilines is 1. The lowest BCUT2D eigenvalue weighted by atomic mass is 10.1. The third-order valence-electron chi connectivity index (χ3n) is 4.09. The summed E-state index contributed by atoms with van der Waals surface area (Å²) < 4.78 is 5.69. The number of carbonyl (C=O) groups is 2. The largest absolute Gasteiger partial charge is 0.478 e. The first-order valence-electron chi connectivity index (χ1n) is 8.51. The number of benzene rings is 2. The Morgan fingerprint density at radius 2 is 1.93 bits per heavy atom. The van der Waals surface area contributed by atoms with E-state index < -0.39 is 16.8 Å². The number of aryl methyl sites for hydroxylation is 1. The summed E-state index contributed by atoms with van der Waals surface area (Å²) in [5.74, 6) is -0.586. The van der Waals surface area contributed by atoms with Crippen molar-refractivity contribution in [2.75, 3.05) is 5.32 Å². The number of carboxylic acid groups (broad SMARTS) is 1. The zero-order valence-corrected chi connectivity index (χ0v) is 15.3. The number of furan rings is 1. The molecule has 146 valence electrons. The number of hydrogen-bond donors (Lipinski definition) is 2. The van der Waals surface area contributed by atoms with Crippen LogP contribution in [0, 0.1) is 17.0 Å². The van der Waals surface area contributed by atoms with Crippen LogP contribution in [-0.4, -0.2) is 21.9 Å². The smallest absolute Gasteiger partial charge is 0.335 e. The second-order valence-corrected chi connectivity index (χ2v) is 6.17. The molecule has 1 aromatic heterocycles. The number of hydrogen-bond acceptors (Lipinski definition) is 5. The van der Waals surface area contributed by atoms with Crippen LogP contribution in [0.1, 0.15) is 21.7 Å². The summed E-state index contributed by atoms with van der Waals surface area (Å²) in [5, 5.41) is 22.4. The molecule has 3 rings (SSSR count). The second kappa shape index (κ2) is 8.22. The Kier molecular flexibility index (Phi) is 5.54. The molecule has 0 aliphatic rings. The Morgan fingerprint density at radius 3 is 2.62 bits per heavy atom. The molecule has 8 heteroatoms. The lowest BCUT2D eigenvalue weighted by Crippen LogP contribution is -2.08. The molecule has 0 radical (unpaired) electrons. The van der Waals surface area contributed by atoms with Crippen LogP contribution in [-0.2, 0) is 4.79 Å². The average Bonchev–Trinajstić information content (AvgIpc) is 3.15. The number of rotatable bonds is 6. The topological polar surface area (TPSA) is 123 Å². The molecule has 29 heavy (non-hydrogen) atoms. The monoisotopic (exact) mass is 392 g/mol. The van der Waals surface area contributed by atoms with Crippen LogP contribution in [0.3, 0.4) is 0 Å². The fraction of sp³-hybridized carbons (Fsp3) is 0.0476. The summed E-state index contributed by atoms with van der Waals surface area (Å²) in [6, 6.07) is 13.8. The van der Waals surface area contributed by atoms with Crippen molar-refractivity contribution in [1.82, 2.24) is 0 Å². The Labute approximate surface area is 165 Å². The standard InChI is InChI=1S/C21H16N2O6/c1-13-11-16(23(27)28)5-8-18(13)19-9-6-17(29-19)7-10-20(24)22-15-4-2-3-14(12-15)21(25)26/h2-12H,1H3,(H,22,24)(H,25,26)/b10-7+. The van der Waals surface area contributed by atoms with Crippen LogP contribution >= 0.6 is 0 Å². The van der Waals surface area contributed by atoms with Gasteiger partial charge in [-0.3, -0.25) is 14.9 Å². The number of aromatic carboxylic acids is 1. The second-order valence-electron chi connectivity index (χ2n) is 6.17. The van der Waals surface area contributed by atoms with Gasteiger partial charge in [-0.05, 0) is 55.0 Å². The highest BCUT2D eigenvalue weighted by Crippen LogP contribution is 2.28. The number of nitrogens with one attached hydrogen (secondary N) is 1. The fourth-order valence-corrected chi connectivity index (χ4v) is 2.70. The number of non-ortho nitro benzene ring substituents is 1. The van der Waals surface area contributed by atoms with Gasteiger partial charge in [0, 0.05) is 29.5 Å². The van der Waals surface area contributed by atoms with Crippen molar-refractivity contribution in [2.45, 2.75) is 6.92 Å². The summed E-state index contributed by atoms with van der Waals surface area (Å²) in [6.45, 7) is 1.75. The highest BCUT2D eigenvalue weighted by molar-refractivity contribution is 6.02. The van der Waals surface area contributed by atoms with Gasteiger partial charge in [0.05, 0.1) is 10.5 Å². The quantitative estimate of drug-likeness (QED) is 0.361. The van der Waals surface area contributed by atoms with Gasteiger partial charge in [0.1, 0.15) is 11.5 Å². The van der Waals surface area contributed by atoms with Gasteiger partial charge < -0.3 is 14.8 Å². The Balaban J connectivity index is 1.70. The molecule has 1 heterocycles. The summed E-state index contributed by atoms with van der Waals surface area (Å²) in [7, 11) is 0. The maximum atomic E-state index is 12.0. The Hall–Kier alpha value is -4.20. The highest BCUT2D eigenvalue weighted by atomic mass is 16.6. The highest BCUT2D eigenvalue weighted by Gasteiger charge is 2.12. The summed E-state index contributed by atoms with van der Waals surface area (Å²) in [5.41, 5.74) is 1.84. The number of carboxylic acids is 1. The lowest BCUT2D eigenvalue weighted by Gasteiger charge is -2.03. The van der Waals surface area contributed by atoms with E-state index in [0.29, 0.717) is 28.3 Å². The van der Waals surface area contributed by atoms with Crippen molar-refractivity contribution < 1.29 is 24.0 Å². The molecule has 2 N–H and O–H groups in total. The van der Waals surface area contributed by atoms with E-state index in [9.17, 15) is 19.7 Å². The van der Waals surface area contributed by atoms with E-state index in [1.54, 1.807) is 31.2 Å². The minimum atomic E-state index is -1.08. The van der Waals surface area contributed by atoms with Crippen LogP contribution in [0.2, 0.25) is 0 Å². The maximum absolute atomic E-state index is 12.0. The molecule has 0 fully saturated rings. The van der Waals surface area contributed by atoms with Crippen molar-refractivity contribution in [3.8, 4) is 11.3 Å². The van der Waals surface area contributed by atoms with Crippen molar-refractivity contribution in [3.63, 3.8) is 0 Å². The lowest BCUT2D eigenvalue weighted by molar-refractivity contribution is -0.384. The van der Waals surface area contributed by atoms with Gasteiger partial charge in [-0.15, -0.1) is 0 Å². The molecule has 0 saturated carbocycles. The third-order valence-corrected chi connectivity index (χ3v) is 4.09. The van der Waals surface area contributed by atoms with Gasteiger partial charge in [0.15, 0.2) is 0 Å². The molecule has 0 spiro atoms. The average molecular weight is 392 g/mol. The molecule has 0 unspecified atom stereocenters. The minimum Gasteiger partial charge on any atom is -0.478 e. The number of nitrogens with zero attached hydrogens (tertiary/aromatic N) is 1. The van der Waals surface area contributed by atoms with Crippen LogP contribution in [0.25, 0.3) is 17.4 Å². The molecule has 1 amide bonds. The van der Waals surface area contributed by atoms with Gasteiger partial charge in [0.25, 0.3) is 5.69 Å². The number of carbonyl (C=O) groups excluding carboxylic acids is 1. The third kappa shape index (κ3) is 4.75. The van der Waals surface area contributed by atoms with E-state index in [2.05, 4.69) is 5.32 Å². The van der Waals surface area contributed by atoms with Crippen molar-refractivity contribution >= 4 is 29.3 Å². The van der Waals surface area contributed by atoms with Crippen LogP contribution < -0.4 is 5.32 Å². The van der Waals surface area contributed by atoms with Crippen LogP contribution in [0.5, 0.6) is 0 Å². The molecule has 2 aromatic carbocycles. The zero-order valence-electron chi connectivity index (χ0n) is 15.3. The van der Waals surface area contributed by atoms with Gasteiger partial charge in [-0.25, -0.2) is 4.79 Å². The zero-order chi connectivity index (χ0) is 21.0. The Bertz CT molecular complexity index is 1130. The first-order valence-corrected chi connectivity index (χ1v) is 8.51. The first kappa shape index (κ1) is 19.6. The molecular weight excluding hydrogens is 376 g/mol. The predicted octanol–water partition coefficient (Wildman–Crippen LogP) is 4.51. The van der Waals surface area contributed by atoms with E-state index in [1.165, 1.54) is 42.5 Å². The van der Waals surface area contributed by atoms with Gasteiger partial charge in [0.2, 0.25) is 5.91 Å². The van der Waals surface area contributed by atoms with Crippen LogP contribution in [0.15, 0.2) is 65.1 Å². The SMILES string of the molecule is Cc1cc([N+](=O)[O-])ccc1-c1ccc(/C=C/C(=O)Nc2cccc(C(=O)O)c2)o1. The summed E-state index contributed by atoms with van der Waals surface area (Å²) >= 11 is 0. The number of nitro benzene ring substituents is 1. The number of amides is 1. The van der Waals surface area contributed by atoms with E-state index in [-0.39, 0.29) is 11.3 Å². The first-order chi connectivity index (χ1) is 13.8. The minimum absolute atomic E-state index is 0.00145. The van der Waals surface area contributed by atoms with Gasteiger partial charge in [-0.1, -0.05) is 6.07 Å². The van der Waals surface area contributed by atoms with Gasteiger partial charge in [-0.2, -0.15) is 0 Å². The Morgan fingerprint density at radius 1 is 1.14 bits per heavy atom. The van der Waals surface area contributed by atoms with Crippen molar-refractivity contribution in [3.05, 3.63) is 87.7 Å². The van der Waals surface area contributed by atoms with Crippen LogP contribution in [0.4, 0.5) is 11.4 Å².